The summed E-state index contributed by atoms with van der Waals surface area (Å²) in [6, 6.07) is 18.3. The third-order valence-corrected chi connectivity index (χ3v) is 7.57. The number of hydrogen-bond acceptors (Lipinski definition) is 5. The summed E-state index contributed by atoms with van der Waals surface area (Å²) in [5.41, 5.74) is 8.60. The normalized spacial score (nSPS) is 12.8. The van der Waals surface area contributed by atoms with E-state index in [0.29, 0.717) is 6.54 Å². The topological polar surface area (TPSA) is 86.6 Å². The van der Waals surface area contributed by atoms with E-state index in [2.05, 4.69) is 58.0 Å². The van der Waals surface area contributed by atoms with Crippen LogP contribution in [0, 0.1) is 13.8 Å². The van der Waals surface area contributed by atoms with Gasteiger partial charge in [-0.15, -0.1) is 0 Å². The van der Waals surface area contributed by atoms with E-state index in [0.717, 1.165) is 55.8 Å². The lowest BCUT2D eigenvalue weighted by Crippen LogP contribution is -2.08. The van der Waals surface area contributed by atoms with Crippen molar-refractivity contribution < 1.29 is 5.11 Å². The lowest BCUT2D eigenvalue weighted by Gasteiger charge is -2.10. The predicted octanol–water partition coefficient (Wildman–Crippen LogP) is 6.69. The third-order valence-electron chi connectivity index (χ3n) is 7.57. The second-order valence-electron chi connectivity index (χ2n) is 11.1. The van der Waals surface area contributed by atoms with Gasteiger partial charge in [-0.1, -0.05) is 56.3 Å². The van der Waals surface area contributed by atoms with Gasteiger partial charge in [0, 0.05) is 46.0 Å². The molecule has 0 fully saturated rings. The van der Waals surface area contributed by atoms with Crippen LogP contribution >= 0.6 is 0 Å². The molecular formula is C32H35N7O. The smallest absolute Gasteiger partial charge is 0.181 e. The van der Waals surface area contributed by atoms with Crippen molar-refractivity contribution >= 4 is 21.9 Å². The number of aliphatic hydroxyl groups is 1. The van der Waals surface area contributed by atoms with Crippen molar-refractivity contribution in [3.8, 4) is 16.9 Å². The van der Waals surface area contributed by atoms with E-state index < -0.39 is 6.10 Å². The molecule has 8 heteroatoms. The zero-order valence-corrected chi connectivity index (χ0v) is 23.9. The van der Waals surface area contributed by atoms with Crippen molar-refractivity contribution in [2.24, 2.45) is 0 Å². The van der Waals surface area contributed by atoms with Gasteiger partial charge in [-0.3, -0.25) is 9.36 Å². The number of fused-ring (bicyclic) bond motifs is 2. The Morgan fingerprint density at radius 2 is 1.65 bits per heavy atom. The Hall–Kier alpha value is -4.30. The number of nitrogens with zero attached hydrogens (tertiary/aromatic N) is 7. The number of hydrogen-bond donors (Lipinski definition) is 1. The lowest BCUT2D eigenvalue weighted by molar-refractivity contribution is 0.152. The molecular weight excluding hydrogens is 498 g/mol. The maximum atomic E-state index is 10.8. The molecule has 0 radical (unpaired) electrons. The Morgan fingerprint density at radius 1 is 0.875 bits per heavy atom. The zero-order chi connectivity index (χ0) is 28.1. The summed E-state index contributed by atoms with van der Waals surface area (Å²) in [6.45, 7) is 13.2. The molecule has 0 saturated carbocycles. The molecule has 0 spiro atoms. The number of pyridine rings is 1. The fraction of sp³-hybridized carbons (Fsp3) is 0.312. The fourth-order valence-electron chi connectivity index (χ4n) is 5.52. The lowest BCUT2D eigenvalue weighted by atomic mass is 9.95. The highest BCUT2D eigenvalue weighted by Gasteiger charge is 2.23. The predicted molar refractivity (Wildman–Crippen MR) is 159 cm³/mol. The van der Waals surface area contributed by atoms with Crippen molar-refractivity contribution in [1.82, 2.24) is 34.3 Å². The van der Waals surface area contributed by atoms with Crippen LogP contribution in [0.1, 0.15) is 68.3 Å². The monoisotopic (exact) mass is 533 g/mol. The van der Waals surface area contributed by atoms with Crippen LogP contribution in [0.4, 0.5) is 0 Å². The Labute approximate surface area is 233 Å². The maximum absolute atomic E-state index is 10.8. The van der Waals surface area contributed by atoms with Gasteiger partial charge in [0.25, 0.3) is 0 Å². The summed E-state index contributed by atoms with van der Waals surface area (Å²) in [4.78, 5) is 4.83. The van der Waals surface area contributed by atoms with Gasteiger partial charge in [0.15, 0.2) is 5.65 Å². The zero-order valence-electron chi connectivity index (χ0n) is 23.9. The van der Waals surface area contributed by atoms with E-state index >= 15 is 0 Å². The van der Waals surface area contributed by atoms with E-state index in [4.69, 9.17) is 15.2 Å². The minimum Gasteiger partial charge on any atom is -0.386 e. The summed E-state index contributed by atoms with van der Waals surface area (Å²) in [5.74, 6) is 0.259. The van der Waals surface area contributed by atoms with Gasteiger partial charge in [-0.2, -0.15) is 15.3 Å². The van der Waals surface area contributed by atoms with Crippen molar-refractivity contribution in [2.75, 3.05) is 0 Å². The van der Waals surface area contributed by atoms with Gasteiger partial charge in [-0.25, -0.2) is 9.67 Å². The van der Waals surface area contributed by atoms with Gasteiger partial charge in [0.1, 0.15) is 0 Å². The second kappa shape index (κ2) is 10.0. The molecule has 0 aliphatic carbocycles. The molecule has 0 aliphatic heterocycles. The van der Waals surface area contributed by atoms with E-state index in [1.165, 1.54) is 5.56 Å². The molecule has 1 atom stereocenters. The molecule has 1 N–H and O–H groups in total. The van der Waals surface area contributed by atoms with E-state index in [1.54, 1.807) is 0 Å². The highest BCUT2D eigenvalue weighted by atomic mass is 16.3. The largest absolute Gasteiger partial charge is 0.386 e. The van der Waals surface area contributed by atoms with Crippen LogP contribution in [0.15, 0.2) is 67.0 Å². The second-order valence-corrected chi connectivity index (χ2v) is 11.1. The van der Waals surface area contributed by atoms with Crippen LogP contribution in [0.2, 0.25) is 0 Å². The molecule has 6 rings (SSSR count). The molecule has 4 aromatic heterocycles. The first kappa shape index (κ1) is 26.0. The quantitative estimate of drug-likeness (QED) is 0.247. The van der Waals surface area contributed by atoms with Gasteiger partial charge < -0.3 is 5.11 Å². The van der Waals surface area contributed by atoms with Gasteiger partial charge in [-0.05, 0) is 51.3 Å². The molecule has 0 unspecified atom stereocenters. The number of aryl methyl sites for hydroxylation is 1. The SMILES string of the molecule is Cc1nc2nn(C(C)C)cc2cc1-n1nc(-c2cccc3nn(C[C@H](O)c4ccccc4)cc23)c(C(C)C)c1C. The van der Waals surface area contributed by atoms with Crippen LogP contribution in [0.5, 0.6) is 0 Å². The minimum atomic E-state index is -0.642. The fourth-order valence-corrected chi connectivity index (χ4v) is 5.52. The van der Waals surface area contributed by atoms with Crippen molar-refractivity contribution in [2.45, 2.75) is 66.2 Å². The Balaban J connectivity index is 1.45. The Kier molecular flexibility index (Phi) is 6.50. The maximum Gasteiger partial charge on any atom is 0.181 e. The summed E-state index contributed by atoms with van der Waals surface area (Å²) in [5, 5.41) is 27.5. The van der Waals surface area contributed by atoms with Crippen LogP contribution in [-0.4, -0.2) is 39.4 Å². The van der Waals surface area contributed by atoms with Crippen LogP contribution in [0.3, 0.4) is 0 Å². The van der Waals surface area contributed by atoms with Crippen molar-refractivity contribution in [1.29, 1.82) is 0 Å². The first-order valence-corrected chi connectivity index (χ1v) is 13.9. The molecule has 40 heavy (non-hydrogen) atoms. The highest BCUT2D eigenvalue weighted by molar-refractivity contribution is 5.94. The Morgan fingerprint density at radius 3 is 2.38 bits per heavy atom. The number of aliphatic hydroxyl groups excluding tert-OH is 1. The summed E-state index contributed by atoms with van der Waals surface area (Å²) in [6.07, 6.45) is 3.43. The number of benzene rings is 2. The van der Waals surface area contributed by atoms with E-state index in [1.807, 2.05) is 69.6 Å². The van der Waals surface area contributed by atoms with Crippen LogP contribution in [-0.2, 0) is 6.54 Å². The molecule has 0 amide bonds. The van der Waals surface area contributed by atoms with Gasteiger partial charge >= 0.3 is 0 Å². The molecule has 2 aromatic carbocycles. The van der Waals surface area contributed by atoms with Crippen molar-refractivity contribution in [3.05, 3.63) is 89.5 Å². The standard InChI is InChI=1S/C32H35N7O/c1-19(2)30-22(6)39(28-15-24-16-38(20(3)4)36-32(24)33-21(28)5)35-31(30)25-13-10-14-27-26(25)17-37(34-27)18-29(40)23-11-8-7-9-12-23/h7-17,19-20,29,40H,18H2,1-6H3/t29-/m0/s1. The van der Waals surface area contributed by atoms with Crippen molar-refractivity contribution in [3.63, 3.8) is 0 Å². The first-order chi connectivity index (χ1) is 19.2. The first-order valence-electron chi connectivity index (χ1n) is 13.9. The van der Waals surface area contributed by atoms with Gasteiger partial charge in [0.2, 0.25) is 0 Å². The molecule has 204 valence electrons. The Bertz CT molecular complexity index is 1830. The molecule has 8 nitrogen and oxygen atoms in total. The average molecular weight is 534 g/mol. The molecule has 4 heterocycles. The summed E-state index contributed by atoms with van der Waals surface area (Å²) < 4.78 is 5.82. The third kappa shape index (κ3) is 4.48. The van der Waals surface area contributed by atoms with Crippen LogP contribution < -0.4 is 0 Å². The number of aromatic nitrogens is 7. The summed E-state index contributed by atoms with van der Waals surface area (Å²) >= 11 is 0. The molecule has 6 aromatic rings. The average Bonchev–Trinajstić information content (AvgIpc) is 3.63. The molecule has 0 saturated heterocycles. The summed E-state index contributed by atoms with van der Waals surface area (Å²) in [7, 11) is 0. The number of rotatable bonds is 7. The van der Waals surface area contributed by atoms with Crippen LogP contribution in [0.25, 0.3) is 38.9 Å². The molecule has 0 aliphatic rings. The molecule has 0 bridgehead atoms. The van der Waals surface area contributed by atoms with E-state index in [-0.39, 0.29) is 12.0 Å². The van der Waals surface area contributed by atoms with E-state index in [9.17, 15) is 5.11 Å². The highest BCUT2D eigenvalue weighted by Crippen LogP contribution is 2.37. The minimum absolute atomic E-state index is 0.259. The van der Waals surface area contributed by atoms with Gasteiger partial charge in [0.05, 0.1) is 35.2 Å².